The highest BCUT2D eigenvalue weighted by atomic mass is 19.4. The Morgan fingerprint density at radius 3 is 2.20 bits per heavy atom. The van der Waals surface area contributed by atoms with Crippen molar-refractivity contribution in [3.8, 4) is 5.75 Å². The van der Waals surface area contributed by atoms with E-state index < -0.39 is 6.36 Å². The van der Waals surface area contributed by atoms with Crippen LogP contribution >= 0.6 is 0 Å². The molecular formula is C15H22F3NO. The maximum Gasteiger partial charge on any atom is 0.573 e. The van der Waals surface area contributed by atoms with E-state index in [1.165, 1.54) is 12.1 Å². The molecule has 0 amide bonds. The zero-order valence-electron chi connectivity index (χ0n) is 12.1. The van der Waals surface area contributed by atoms with Crippen LogP contribution in [-0.2, 0) is 6.42 Å². The zero-order chi connectivity index (χ0) is 15.2. The highest BCUT2D eigenvalue weighted by Crippen LogP contribution is 2.24. The molecule has 0 saturated heterocycles. The molecule has 1 rings (SSSR count). The Morgan fingerprint density at radius 2 is 1.75 bits per heavy atom. The second-order valence-corrected chi connectivity index (χ2v) is 4.91. The SMILES string of the molecule is CCNC(C)C(CC)Cc1ccc(OC(F)(F)F)cc1. The predicted molar refractivity (Wildman–Crippen MR) is 73.7 cm³/mol. The third kappa shape index (κ3) is 5.82. The molecule has 0 spiro atoms. The fourth-order valence-corrected chi connectivity index (χ4v) is 2.29. The van der Waals surface area contributed by atoms with E-state index in [1.807, 2.05) is 0 Å². The van der Waals surface area contributed by atoms with Crippen molar-refractivity contribution >= 4 is 0 Å². The summed E-state index contributed by atoms with van der Waals surface area (Å²) >= 11 is 0. The summed E-state index contributed by atoms with van der Waals surface area (Å²) in [6.07, 6.45) is -2.76. The summed E-state index contributed by atoms with van der Waals surface area (Å²) in [6.45, 7) is 7.24. The lowest BCUT2D eigenvalue weighted by Crippen LogP contribution is -2.34. The van der Waals surface area contributed by atoms with Gasteiger partial charge in [0, 0.05) is 6.04 Å². The molecule has 2 nitrogen and oxygen atoms in total. The second kappa shape index (κ2) is 7.53. The standard InChI is InChI=1S/C15H22F3NO/c1-4-13(11(3)19-5-2)10-12-6-8-14(9-7-12)20-15(16,17)18/h6-9,11,13,19H,4-5,10H2,1-3H3. The second-order valence-electron chi connectivity index (χ2n) is 4.91. The summed E-state index contributed by atoms with van der Waals surface area (Å²) in [5, 5.41) is 3.39. The molecule has 0 heterocycles. The highest BCUT2D eigenvalue weighted by molar-refractivity contribution is 5.27. The molecule has 1 aromatic rings. The van der Waals surface area contributed by atoms with Crippen LogP contribution in [0, 0.1) is 5.92 Å². The van der Waals surface area contributed by atoms with E-state index in [-0.39, 0.29) is 5.75 Å². The number of hydrogen-bond acceptors (Lipinski definition) is 2. The van der Waals surface area contributed by atoms with Gasteiger partial charge in [-0.25, -0.2) is 0 Å². The number of nitrogens with one attached hydrogen (secondary N) is 1. The Bertz CT molecular complexity index is 389. The van der Waals surface area contributed by atoms with Crippen LogP contribution in [0.15, 0.2) is 24.3 Å². The predicted octanol–water partition coefficient (Wildman–Crippen LogP) is 4.15. The summed E-state index contributed by atoms with van der Waals surface area (Å²) in [7, 11) is 0. The average Bonchev–Trinajstić information content (AvgIpc) is 2.36. The van der Waals surface area contributed by atoms with Crippen molar-refractivity contribution in [2.45, 2.75) is 46.0 Å². The van der Waals surface area contributed by atoms with Crippen LogP contribution in [0.3, 0.4) is 0 Å². The van der Waals surface area contributed by atoms with Crippen molar-refractivity contribution < 1.29 is 17.9 Å². The molecule has 5 heteroatoms. The summed E-state index contributed by atoms with van der Waals surface area (Å²) < 4.78 is 40.1. The maximum absolute atomic E-state index is 12.1. The van der Waals surface area contributed by atoms with Gasteiger partial charge in [-0.3, -0.25) is 0 Å². The number of rotatable bonds is 7. The molecular weight excluding hydrogens is 267 g/mol. The lowest BCUT2D eigenvalue weighted by atomic mass is 9.91. The van der Waals surface area contributed by atoms with E-state index in [0.29, 0.717) is 12.0 Å². The first-order valence-electron chi connectivity index (χ1n) is 6.93. The van der Waals surface area contributed by atoms with Gasteiger partial charge in [0.2, 0.25) is 0 Å². The first kappa shape index (κ1) is 16.8. The van der Waals surface area contributed by atoms with Gasteiger partial charge in [-0.15, -0.1) is 13.2 Å². The molecule has 2 unspecified atom stereocenters. The van der Waals surface area contributed by atoms with E-state index >= 15 is 0 Å². The number of alkyl halides is 3. The van der Waals surface area contributed by atoms with E-state index in [9.17, 15) is 13.2 Å². The van der Waals surface area contributed by atoms with Gasteiger partial charge < -0.3 is 10.1 Å². The van der Waals surface area contributed by atoms with Gasteiger partial charge in [-0.05, 0) is 43.5 Å². The Morgan fingerprint density at radius 1 is 1.15 bits per heavy atom. The Balaban J connectivity index is 2.64. The van der Waals surface area contributed by atoms with Gasteiger partial charge >= 0.3 is 6.36 Å². The van der Waals surface area contributed by atoms with E-state index in [2.05, 4.69) is 30.8 Å². The fourth-order valence-electron chi connectivity index (χ4n) is 2.29. The summed E-state index contributed by atoms with van der Waals surface area (Å²) in [5.74, 6) is 0.290. The summed E-state index contributed by atoms with van der Waals surface area (Å²) in [6, 6.07) is 6.52. The van der Waals surface area contributed by atoms with E-state index in [4.69, 9.17) is 0 Å². The molecule has 0 fully saturated rings. The minimum absolute atomic E-state index is 0.172. The van der Waals surface area contributed by atoms with Crippen molar-refractivity contribution in [1.82, 2.24) is 5.32 Å². The van der Waals surface area contributed by atoms with Crippen molar-refractivity contribution in [2.75, 3.05) is 6.54 Å². The molecule has 2 atom stereocenters. The van der Waals surface area contributed by atoms with E-state index in [0.717, 1.165) is 24.9 Å². The molecule has 114 valence electrons. The van der Waals surface area contributed by atoms with E-state index in [1.54, 1.807) is 12.1 Å². The Hall–Kier alpha value is -1.23. The van der Waals surface area contributed by atoms with Gasteiger partial charge in [-0.2, -0.15) is 0 Å². The number of hydrogen-bond donors (Lipinski definition) is 1. The van der Waals surface area contributed by atoms with Gasteiger partial charge in [-0.1, -0.05) is 32.4 Å². The third-order valence-electron chi connectivity index (χ3n) is 3.41. The lowest BCUT2D eigenvalue weighted by Gasteiger charge is -2.23. The van der Waals surface area contributed by atoms with Gasteiger partial charge in [0.25, 0.3) is 0 Å². The molecule has 0 bridgehead atoms. The third-order valence-corrected chi connectivity index (χ3v) is 3.41. The highest BCUT2D eigenvalue weighted by Gasteiger charge is 2.31. The van der Waals surface area contributed by atoms with Crippen LogP contribution in [0.4, 0.5) is 13.2 Å². The van der Waals surface area contributed by atoms with Gasteiger partial charge in [0.05, 0.1) is 0 Å². The number of ether oxygens (including phenoxy) is 1. The normalized spacial score (nSPS) is 14.9. The molecule has 0 aliphatic heterocycles. The quantitative estimate of drug-likeness (QED) is 0.814. The zero-order valence-corrected chi connectivity index (χ0v) is 12.1. The maximum atomic E-state index is 12.1. The minimum Gasteiger partial charge on any atom is -0.406 e. The van der Waals surface area contributed by atoms with Crippen molar-refractivity contribution in [3.63, 3.8) is 0 Å². The molecule has 0 radical (unpaired) electrons. The first-order valence-corrected chi connectivity index (χ1v) is 6.93. The molecule has 0 aromatic heterocycles. The minimum atomic E-state index is -4.63. The topological polar surface area (TPSA) is 21.3 Å². The van der Waals surface area contributed by atoms with Gasteiger partial charge in [0.15, 0.2) is 0 Å². The molecule has 20 heavy (non-hydrogen) atoms. The van der Waals surface area contributed by atoms with Crippen molar-refractivity contribution in [3.05, 3.63) is 29.8 Å². The molecule has 0 aliphatic rings. The number of benzene rings is 1. The van der Waals surface area contributed by atoms with Crippen LogP contribution in [0.5, 0.6) is 5.75 Å². The van der Waals surface area contributed by atoms with Crippen LogP contribution in [-0.4, -0.2) is 18.9 Å². The lowest BCUT2D eigenvalue weighted by molar-refractivity contribution is -0.274. The Kier molecular flexibility index (Phi) is 6.33. The van der Waals surface area contributed by atoms with Gasteiger partial charge in [0.1, 0.15) is 5.75 Å². The fraction of sp³-hybridized carbons (Fsp3) is 0.600. The molecule has 1 N–H and O–H groups in total. The van der Waals surface area contributed by atoms with Crippen molar-refractivity contribution in [2.24, 2.45) is 5.92 Å². The van der Waals surface area contributed by atoms with Crippen LogP contribution in [0.25, 0.3) is 0 Å². The van der Waals surface area contributed by atoms with Crippen LogP contribution < -0.4 is 10.1 Å². The monoisotopic (exact) mass is 289 g/mol. The molecule has 0 aliphatic carbocycles. The largest absolute Gasteiger partial charge is 0.573 e. The number of halogens is 3. The van der Waals surface area contributed by atoms with Crippen LogP contribution in [0.1, 0.15) is 32.8 Å². The van der Waals surface area contributed by atoms with Crippen LogP contribution in [0.2, 0.25) is 0 Å². The smallest absolute Gasteiger partial charge is 0.406 e. The molecule has 0 saturated carbocycles. The Labute approximate surface area is 118 Å². The molecule has 1 aromatic carbocycles. The summed E-state index contributed by atoms with van der Waals surface area (Å²) in [4.78, 5) is 0. The van der Waals surface area contributed by atoms with Crippen molar-refractivity contribution in [1.29, 1.82) is 0 Å². The summed E-state index contributed by atoms with van der Waals surface area (Å²) in [5.41, 5.74) is 1.02. The average molecular weight is 289 g/mol. The first-order chi connectivity index (χ1) is 9.35.